The van der Waals surface area contributed by atoms with Crippen LogP contribution in [0.1, 0.15) is 26.7 Å². The summed E-state index contributed by atoms with van der Waals surface area (Å²) >= 11 is 0. The van der Waals surface area contributed by atoms with Crippen molar-refractivity contribution in [1.82, 2.24) is 14.8 Å². The second kappa shape index (κ2) is 8.22. The Morgan fingerprint density at radius 1 is 1.48 bits per heavy atom. The van der Waals surface area contributed by atoms with Gasteiger partial charge in [-0.1, -0.05) is 13.8 Å². The van der Waals surface area contributed by atoms with Crippen LogP contribution in [0.25, 0.3) is 5.82 Å². The number of nitrogens with zero attached hydrogens (tertiary/aromatic N) is 3. The van der Waals surface area contributed by atoms with Crippen molar-refractivity contribution in [2.75, 3.05) is 18.5 Å². The van der Waals surface area contributed by atoms with E-state index in [0.717, 1.165) is 19.4 Å². The number of rotatable bonds is 7. The molecule has 7 nitrogen and oxygen atoms in total. The Balaban J connectivity index is 1.58. The van der Waals surface area contributed by atoms with Crippen molar-refractivity contribution in [2.24, 2.45) is 5.92 Å². The Kier molecular flexibility index (Phi) is 5.78. The summed E-state index contributed by atoms with van der Waals surface area (Å²) in [7, 11) is 0. The molecule has 7 heteroatoms. The minimum absolute atomic E-state index is 0.0673. The van der Waals surface area contributed by atoms with Gasteiger partial charge in [-0.3, -0.25) is 4.79 Å². The summed E-state index contributed by atoms with van der Waals surface area (Å²) in [5.41, 5.74) is 0.632. The number of pyridine rings is 1. The lowest BCUT2D eigenvalue weighted by atomic mass is 10.1. The normalized spacial score (nSPS) is 18.4. The van der Waals surface area contributed by atoms with Crippen LogP contribution in [0, 0.1) is 5.92 Å². The van der Waals surface area contributed by atoms with Crippen LogP contribution >= 0.6 is 0 Å². The van der Waals surface area contributed by atoms with Crippen molar-refractivity contribution in [2.45, 2.75) is 38.9 Å². The SMILES string of the molecule is CC(C)C(OCC1CCCO1)C(=O)Nc1ccc(-n2cccn2)nc1. The third-order valence-electron chi connectivity index (χ3n) is 4.10. The summed E-state index contributed by atoms with van der Waals surface area (Å²) in [6.45, 7) is 5.17. The Labute approximate surface area is 147 Å². The standard InChI is InChI=1S/C18H24N4O3/c1-13(2)17(25-12-15-5-3-10-24-15)18(23)21-14-6-7-16(19-11-14)22-9-4-8-20-22/h4,6-9,11,13,15,17H,3,5,10,12H2,1-2H3,(H,21,23). The number of ether oxygens (including phenoxy) is 2. The Morgan fingerprint density at radius 3 is 2.96 bits per heavy atom. The van der Waals surface area contributed by atoms with Crippen molar-refractivity contribution in [1.29, 1.82) is 0 Å². The number of carbonyl (C=O) groups excluding carboxylic acids is 1. The third kappa shape index (κ3) is 4.64. The molecule has 2 aromatic heterocycles. The van der Waals surface area contributed by atoms with Gasteiger partial charge in [0.2, 0.25) is 0 Å². The summed E-state index contributed by atoms with van der Waals surface area (Å²) in [5.74, 6) is 0.595. The van der Waals surface area contributed by atoms with E-state index in [1.54, 1.807) is 29.2 Å². The largest absolute Gasteiger partial charge is 0.376 e. The molecule has 0 spiro atoms. The van der Waals surface area contributed by atoms with Crippen molar-refractivity contribution in [3.63, 3.8) is 0 Å². The summed E-state index contributed by atoms with van der Waals surface area (Å²) < 4.78 is 13.0. The van der Waals surface area contributed by atoms with Gasteiger partial charge in [0, 0.05) is 19.0 Å². The molecule has 0 aromatic carbocycles. The van der Waals surface area contributed by atoms with Crippen molar-refractivity contribution < 1.29 is 14.3 Å². The highest BCUT2D eigenvalue weighted by molar-refractivity contribution is 5.94. The molecule has 1 saturated heterocycles. The van der Waals surface area contributed by atoms with Crippen LogP contribution < -0.4 is 5.32 Å². The van der Waals surface area contributed by atoms with Gasteiger partial charge in [0.25, 0.3) is 5.91 Å². The Bertz CT molecular complexity index is 664. The number of amides is 1. The molecule has 3 rings (SSSR count). The molecule has 1 aliphatic rings. The predicted octanol–water partition coefficient (Wildman–Crippen LogP) is 2.43. The fourth-order valence-electron chi connectivity index (χ4n) is 2.77. The van der Waals surface area contributed by atoms with Gasteiger partial charge in [-0.15, -0.1) is 0 Å². The van der Waals surface area contributed by atoms with E-state index in [2.05, 4.69) is 15.4 Å². The van der Waals surface area contributed by atoms with Gasteiger partial charge in [0.05, 0.1) is 24.6 Å². The van der Waals surface area contributed by atoms with Crippen molar-refractivity contribution in [3.05, 3.63) is 36.8 Å². The maximum Gasteiger partial charge on any atom is 0.253 e. The number of hydrogen-bond acceptors (Lipinski definition) is 5. The lowest BCUT2D eigenvalue weighted by molar-refractivity contribution is -0.132. The van der Waals surface area contributed by atoms with E-state index in [9.17, 15) is 4.79 Å². The zero-order valence-electron chi connectivity index (χ0n) is 14.6. The second-order valence-corrected chi connectivity index (χ2v) is 6.48. The highest BCUT2D eigenvalue weighted by Gasteiger charge is 2.26. The molecule has 25 heavy (non-hydrogen) atoms. The molecule has 3 heterocycles. The number of hydrogen-bond donors (Lipinski definition) is 1. The van der Waals surface area contributed by atoms with Crippen LogP contribution in [0.2, 0.25) is 0 Å². The lowest BCUT2D eigenvalue weighted by Crippen LogP contribution is -2.36. The Hall–Kier alpha value is -2.25. The van der Waals surface area contributed by atoms with E-state index in [0.29, 0.717) is 18.1 Å². The van der Waals surface area contributed by atoms with Crippen LogP contribution in [0.4, 0.5) is 5.69 Å². The average molecular weight is 344 g/mol. The monoisotopic (exact) mass is 344 g/mol. The molecule has 2 atom stereocenters. The van der Waals surface area contributed by atoms with Gasteiger partial charge in [0.1, 0.15) is 6.10 Å². The van der Waals surface area contributed by atoms with Crippen LogP contribution in [-0.4, -0.2) is 46.1 Å². The van der Waals surface area contributed by atoms with Crippen LogP contribution in [0.15, 0.2) is 36.8 Å². The van der Waals surface area contributed by atoms with Crippen LogP contribution in [0.5, 0.6) is 0 Å². The first-order chi connectivity index (χ1) is 12.1. The molecule has 134 valence electrons. The summed E-state index contributed by atoms with van der Waals surface area (Å²) in [6, 6.07) is 5.44. The van der Waals surface area contributed by atoms with E-state index in [-0.39, 0.29) is 17.9 Å². The van der Waals surface area contributed by atoms with Gasteiger partial charge in [-0.2, -0.15) is 5.10 Å². The van der Waals surface area contributed by atoms with E-state index < -0.39 is 6.10 Å². The van der Waals surface area contributed by atoms with Gasteiger partial charge in [-0.25, -0.2) is 9.67 Å². The number of anilines is 1. The van der Waals surface area contributed by atoms with E-state index >= 15 is 0 Å². The minimum atomic E-state index is -0.519. The maximum absolute atomic E-state index is 12.6. The highest BCUT2D eigenvalue weighted by atomic mass is 16.5. The molecule has 2 unspecified atom stereocenters. The minimum Gasteiger partial charge on any atom is -0.376 e. The quantitative estimate of drug-likeness (QED) is 0.834. The van der Waals surface area contributed by atoms with Crippen LogP contribution in [0.3, 0.4) is 0 Å². The zero-order valence-corrected chi connectivity index (χ0v) is 14.6. The van der Waals surface area contributed by atoms with E-state index in [1.807, 2.05) is 26.1 Å². The smallest absolute Gasteiger partial charge is 0.253 e. The number of carbonyl (C=O) groups is 1. The molecule has 1 aliphatic heterocycles. The molecular weight excluding hydrogens is 320 g/mol. The van der Waals surface area contributed by atoms with E-state index in [4.69, 9.17) is 9.47 Å². The molecule has 1 N–H and O–H groups in total. The predicted molar refractivity (Wildman–Crippen MR) is 93.5 cm³/mol. The third-order valence-corrected chi connectivity index (χ3v) is 4.10. The summed E-state index contributed by atoms with van der Waals surface area (Å²) in [6.07, 6.45) is 6.75. The average Bonchev–Trinajstić information content (AvgIpc) is 3.29. The molecule has 1 amide bonds. The number of nitrogens with one attached hydrogen (secondary N) is 1. The second-order valence-electron chi connectivity index (χ2n) is 6.48. The summed E-state index contributed by atoms with van der Waals surface area (Å²) in [4.78, 5) is 16.9. The fraction of sp³-hybridized carbons (Fsp3) is 0.500. The fourth-order valence-corrected chi connectivity index (χ4v) is 2.77. The molecule has 0 saturated carbocycles. The highest BCUT2D eigenvalue weighted by Crippen LogP contribution is 2.17. The van der Waals surface area contributed by atoms with Crippen LogP contribution in [-0.2, 0) is 14.3 Å². The molecule has 0 aliphatic carbocycles. The van der Waals surface area contributed by atoms with Gasteiger partial charge in [0.15, 0.2) is 5.82 Å². The molecule has 1 fully saturated rings. The first-order valence-corrected chi connectivity index (χ1v) is 8.63. The maximum atomic E-state index is 12.6. The molecule has 0 bridgehead atoms. The topological polar surface area (TPSA) is 78.3 Å². The van der Waals surface area contributed by atoms with Crippen molar-refractivity contribution in [3.8, 4) is 5.82 Å². The van der Waals surface area contributed by atoms with E-state index in [1.165, 1.54) is 0 Å². The van der Waals surface area contributed by atoms with Gasteiger partial charge in [-0.05, 0) is 37.0 Å². The molecule has 0 radical (unpaired) electrons. The number of aromatic nitrogens is 3. The van der Waals surface area contributed by atoms with Gasteiger partial charge >= 0.3 is 0 Å². The molecule has 2 aromatic rings. The van der Waals surface area contributed by atoms with Gasteiger partial charge < -0.3 is 14.8 Å². The van der Waals surface area contributed by atoms with Crippen molar-refractivity contribution >= 4 is 11.6 Å². The first-order valence-electron chi connectivity index (χ1n) is 8.63. The Morgan fingerprint density at radius 2 is 2.36 bits per heavy atom. The first kappa shape index (κ1) is 17.6. The molecular formula is C18H24N4O3. The summed E-state index contributed by atoms with van der Waals surface area (Å²) in [5, 5.41) is 7.00. The lowest BCUT2D eigenvalue weighted by Gasteiger charge is -2.22. The zero-order chi connectivity index (χ0) is 17.6.